The van der Waals surface area contributed by atoms with Crippen molar-refractivity contribution in [3.63, 3.8) is 0 Å². The Morgan fingerprint density at radius 2 is 1.62 bits per heavy atom. The van der Waals surface area contributed by atoms with E-state index in [0.717, 1.165) is 17.3 Å². The number of nitrogens with zero attached hydrogens (tertiary/aromatic N) is 3. The lowest BCUT2D eigenvalue weighted by molar-refractivity contribution is 0.584. The van der Waals surface area contributed by atoms with E-state index in [9.17, 15) is 8.78 Å². The maximum absolute atomic E-state index is 13.4. The molecule has 0 amide bonds. The largest absolute Gasteiger partial charge is 0.213 e. The predicted molar refractivity (Wildman–Crippen MR) is 76.2 cm³/mol. The van der Waals surface area contributed by atoms with E-state index in [-0.39, 0.29) is 0 Å². The lowest BCUT2D eigenvalue weighted by atomic mass is 10.1. The Hall–Kier alpha value is -2.56. The van der Waals surface area contributed by atoms with Crippen LogP contribution < -0.4 is 0 Å². The van der Waals surface area contributed by atoms with Crippen LogP contribution >= 0.6 is 0 Å². The van der Waals surface area contributed by atoms with Gasteiger partial charge in [0.25, 0.3) is 0 Å². The summed E-state index contributed by atoms with van der Waals surface area (Å²) in [6.07, 6.45) is 0. The quantitative estimate of drug-likeness (QED) is 0.716. The highest BCUT2D eigenvalue weighted by atomic mass is 19.1. The molecule has 0 atom stereocenters. The molecule has 0 saturated carbocycles. The zero-order chi connectivity index (χ0) is 15.0. The third-order valence-electron chi connectivity index (χ3n) is 3.18. The Labute approximate surface area is 120 Å². The highest BCUT2D eigenvalue weighted by molar-refractivity contribution is 5.59. The molecule has 0 aliphatic heterocycles. The molecule has 0 aliphatic carbocycles. The second kappa shape index (κ2) is 5.09. The minimum Gasteiger partial charge on any atom is -0.213 e. The number of rotatable bonds is 2. The summed E-state index contributed by atoms with van der Waals surface area (Å²) in [6, 6.07) is 11.0. The van der Waals surface area contributed by atoms with Gasteiger partial charge in [-0.05, 0) is 37.6 Å². The van der Waals surface area contributed by atoms with Crippen molar-refractivity contribution in [2.24, 2.45) is 0 Å². The monoisotopic (exact) mass is 285 g/mol. The van der Waals surface area contributed by atoms with Gasteiger partial charge in [0.2, 0.25) is 0 Å². The van der Waals surface area contributed by atoms with Crippen LogP contribution in [0.3, 0.4) is 0 Å². The molecule has 0 bridgehead atoms. The Balaban J connectivity index is 2.23. The number of hydrogen-bond donors (Lipinski definition) is 0. The number of benzene rings is 2. The van der Waals surface area contributed by atoms with Gasteiger partial charge in [-0.1, -0.05) is 18.2 Å². The van der Waals surface area contributed by atoms with E-state index in [0.29, 0.717) is 17.2 Å². The topological polar surface area (TPSA) is 30.7 Å². The second-order valence-electron chi connectivity index (χ2n) is 4.84. The van der Waals surface area contributed by atoms with Crippen molar-refractivity contribution in [2.45, 2.75) is 13.8 Å². The highest BCUT2D eigenvalue weighted by Crippen LogP contribution is 2.24. The summed E-state index contributed by atoms with van der Waals surface area (Å²) in [4.78, 5) is 4.30. The first-order valence-electron chi connectivity index (χ1n) is 6.51. The minimum absolute atomic E-state index is 0.358. The Kier molecular flexibility index (Phi) is 3.25. The maximum Gasteiger partial charge on any atom is 0.163 e. The van der Waals surface area contributed by atoms with E-state index < -0.39 is 11.6 Å². The van der Waals surface area contributed by atoms with Crippen molar-refractivity contribution >= 4 is 0 Å². The van der Waals surface area contributed by atoms with Crippen molar-refractivity contribution in [1.29, 1.82) is 0 Å². The van der Waals surface area contributed by atoms with E-state index in [1.54, 1.807) is 11.6 Å². The summed E-state index contributed by atoms with van der Waals surface area (Å²) in [5, 5.41) is 4.34. The number of aromatic nitrogens is 3. The molecular formula is C16H13F2N3. The molecule has 0 N–H and O–H groups in total. The molecule has 5 heteroatoms. The molecule has 3 rings (SSSR count). The zero-order valence-corrected chi connectivity index (χ0v) is 11.6. The molecule has 1 aromatic heterocycles. The minimum atomic E-state index is -0.637. The summed E-state index contributed by atoms with van der Waals surface area (Å²) < 4.78 is 28.5. The fraction of sp³-hybridized carbons (Fsp3) is 0.125. The van der Waals surface area contributed by atoms with Crippen molar-refractivity contribution in [3.05, 3.63) is 65.5 Å². The highest BCUT2D eigenvalue weighted by Gasteiger charge is 2.14. The number of halogens is 2. The average molecular weight is 285 g/mol. The van der Waals surface area contributed by atoms with Crippen molar-refractivity contribution in [3.8, 4) is 17.1 Å². The van der Waals surface area contributed by atoms with Gasteiger partial charge in [0.15, 0.2) is 5.82 Å². The van der Waals surface area contributed by atoms with Gasteiger partial charge in [-0.25, -0.2) is 18.4 Å². The third kappa shape index (κ3) is 2.54. The zero-order valence-electron chi connectivity index (χ0n) is 11.6. The van der Waals surface area contributed by atoms with Crippen LogP contribution in [0.15, 0.2) is 42.5 Å². The fourth-order valence-corrected chi connectivity index (χ4v) is 2.25. The molecule has 3 aromatic rings. The molecule has 0 fully saturated rings. The van der Waals surface area contributed by atoms with E-state index >= 15 is 0 Å². The Morgan fingerprint density at radius 3 is 2.29 bits per heavy atom. The van der Waals surface area contributed by atoms with Gasteiger partial charge in [-0.2, -0.15) is 5.10 Å². The van der Waals surface area contributed by atoms with Gasteiger partial charge in [0.1, 0.15) is 17.5 Å². The molecule has 21 heavy (non-hydrogen) atoms. The van der Waals surface area contributed by atoms with Crippen LogP contribution in [0.1, 0.15) is 11.4 Å². The van der Waals surface area contributed by atoms with Crippen LogP contribution in [-0.2, 0) is 0 Å². The van der Waals surface area contributed by atoms with Gasteiger partial charge < -0.3 is 0 Å². The lowest BCUT2D eigenvalue weighted by Crippen LogP contribution is -2.02. The van der Waals surface area contributed by atoms with Gasteiger partial charge in [-0.15, -0.1) is 0 Å². The molecule has 0 radical (unpaired) electrons. The number of aryl methyl sites for hydroxylation is 2. The van der Waals surface area contributed by atoms with Gasteiger partial charge in [0, 0.05) is 11.6 Å². The van der Waals surface area contributed by atoms with Gasteiger partial charge in [-0.3, -0.25) is 0 Å². The SMILES string of the molecule is Cc1nc(-c2cc(F)cc(F)c2)n(-c2ccccc2C)n1. The molecule has 2 aromatic carbocycles. The summed E-state index contributed by atoms with van der Waals surface area (Å²) in [7, 11) is 0. The van der Waals surface area contributed by atoms with Crippen LogP contribution in [0.4, 0.5) is 8.78 Å². The third-order valence-corrected chi connectivity index (χ3v) is 3.18. The lowest BCUT2D eigenvalue weighted by Gasteiger charge is -2.09. The first kappa shape index (κ1) is 13.4. The summed E-state index contributed by atoms with van der Waals surface area (Å²) in [5.74, 6) is -0.318. The van der Waals surface area contributed by atoms with Gasteiger partial charge >= 0.3 is 0 Å². The van der Waals surface area contributed by atoms with Crippen LogP contribution in [0.5, 0.6) is 0 Å². The molecule has 3 nitrogen and oxygen atoms in total. The first-order chi connectivity index (χ1) is 10.0. The van der Waals surface area contributed by atoms with Crippen LogP contribution in [0, 0.1) is 25.5 Å². The Bertz CT molecular complexity index is 789. The van der Waals surface area contributed by atoms with E-state index in [1.165, 1.54) is 12.1 Å². The van der Waals surface area contributed by atoms with E-state index in [1.807, 2.05) is 31.2 Å². The predicted octanol–water partition coefficient (Wildman–Crippen LogP) is 3.83. The fourth-order valence-electron chi connectivity index (χ4n) is 2.25. The van der Waals surface area contributed by atoms with Gasteiger partial charge in [0.05, 0.1) is 5.69 Å². The van der Waals surface area contributed by atoms with Crippen LogP contribution in [0.25, 0.3) is 17.1 Å². The molecule has 0 aliphatic rings. The first-order valence-corrected chi connectivity index (χ1v) is 6.51. The summed E-state index contributed by atoms with van der Waals surface area (Å²) in [6.45, 7) is 3.69. The van der Waals surface area contributed by atoms with Crippen molar-refractivity contribution in [2.75, 3.05) is 0 Å². The number of para-hydroxylation sites is 1. The normalized spacial score (nSPS) is 10.9. The summed E-state index contributed by atoms with van der Waals surface area (Å²) in [5.41, 5.74) is 2.19. The molecular weight excluding hydrogens is 272 g/mol. The molecule has 106 valence electrons. The average Bonchev–Trinajstić information content (AvgIpc) is 2.80. The standard InChI is InChI=1S/C16H13F2N3/c1-10-5-3-4-6-15(10)21-16(19-11(2)20-21)12-7-13(17)9-14(18)8-12/h3-9H,1-2H3. The Morgan fingerprint density at radius 1 is 0.952 bits per heavy atom. The molecule has 1 heterocycles. The number of hydrogen-bond acceptors (Lipinski definition) is 2. The molecule has 0 saturated heterocycles. The smallest absolute Gasteiger partial charge is 0.163 e. The molecule has 0 unspecified atom stereocenters. The maximum atomic E-state index is 13.4. The van der Waals surface area contributed by atoms with Crippen molar-refractivity contribution < 1.29 is 8.78 Å². The molecule has 0 spiro atoms. The van der Waals surface area contributed by atoms with Crippen molar-refractivity contribution in [1.82, 2.24) is 14.8 Å². The van der Waals surface area contributed by atoms with Crippen LogP contribution in [-0.4, -0.2) is 14.8 Å². The second-order valence-corrected chi connectivity index (χ2v) is 4.84. The summed E-state index contributed by atoms with van der Waals surface area (Å²) >= 11 is 0. The van der Waals surface area contributed by atoms with Crippen LogP contribution in [0.2, 0.25) is 0 Å². The van der Waals surface area contributed by atoms with E-state index in [4.69, 9.17) is 0 Å². The van der Waals surface area contributed by atoms with E-state index in [2.05, 4.69) is 10.1 Å².